The summed E-state index contributed by atoms with van der Waals surface area (Å²) >= 11 is 0. The van der Waals surface area contributed by atoms with Crippen molar-refractivity contribution in [1.29, 1.82) is 0 Å². The Morgan fingerprint density at radius 2 is 1.77 bits per heavy atom. The minimum absolute atomic E-state index is 0. The molecule has 0 aromatic carbocycles. The van der Waals surface area contributed by atoms with Gasteiger partial charge in [0.15, 0.2) is 6.29 Å². The fraction of sp³-hybridized carbons (Fsp3) is 0.944. The van der Waals surface area contributed by atoms with Crippen LogP contribution in [0.5, 0.6) is 0 Å². The maximum Gasteiger partial charge on any atom is 0.303 e. The fourth-order valence-corrected chi connectivity index (χ4v) is 12.8. The molecular weight excluding hydrogens is 542 g/mol. The Bertz CT molecular complexity index is 1140. The average molecular weight is 600 g/mol. The minimum Gasteiger partial charge on any atom is -0.481 e. The Kier molecular flexibility index (Phi) is 6.91. The lowest BCUT2D eigenvalue weighted by molar-refractivity contribution is -0.244. The zero-order valence-electron chi connectivity index (χ0n) is 26.9. The van der Waals surface area contributed by atoms with Crippen molar-refractivity contribution >= 4 is 11.9 Å². The van der Waals surface area contributed by atoms with Crippen molar-refractivity contribution in [3.63, 3.8) is 0 Å². The van der Waals surface area contributed by atoms with Crippen LogP contribution in [0.15, 0.2) is 0 Å². The first-order valence-electron chi connectivity index (χ1n) is 18.0. The molecule has 1 N–H and O–H groups in total. The smallest absolute Gasteiger partial charge is 0.303 e. The van der Waals surface area contributed by atoms with E-state index in [9.17, 15) is 14.7 Å². The zero-order chi connectivity index (χ0) is 29.8. The number of fused-ring (bicyclic) bond motifs is 4. The first-order chi connectivity index (χ1) is 20.6. The molecule has 0 bridgehead atoms. The maximum atomic E-state index is 12.8. The van der Waals surface area contributed by atoms with Crippen molar-refractivity contribution < 1.29 is 30.3 Å². The van der Waals surface area contributed by atoms with Gasteiger partial charge in [-0.05, 0) is 135 Å². The fourth-order valence-electron chi connectivity index (χ4n) is 12.8. The van der Waals surface area contributed by atoms with Gasteiger partial charge in [0.2, 0.25) is 5.91 Å². The van der Waals surface area contributed by atoms with Gasteiger partial charge >= 0.3 is 5.97 Å². The largest absolute Gasteiger partial charge is 0.481 e. The number of carboxylic acids is 1. The molecule has 43 heavy (non-hydrogen) atoms. The van der Waals surface area contributed by atoms with E-state index in [2.05, 4.69) is 20.8 Å². The van der Waals surface area contributed by atoms with Gasteiger partial charge in [-0.1, -0.05) is 20.8 Å². The second-order valence-electron chi connectivity index (χ2n) is 17.3. The van der Waals surface area contributed by atoms with E-state index < -0.39 is 5.97 Å². The van der Waals surface area contributed by atoms with Gasteiger partial charge in [0.1, 0.15) is 0 Å². The minimum atomic E-state index is -0.703. The lowest BCUT2D eigenvalue weighted by Crippen LogP contribution is -2.56. The standard InChI is InChI=1S/C36H55NO6.H2/c1-33(2)28-10-9-24-26-19-27-25(8-6-23(42-27)7-11-31(39)40)34(26,3)14-15-35(24)21-36(28,35)13-12-29(33)43-32-20-37(16-17-41-32)30(38)18-22-4-5-22;/h22-29,32H,4-21H2,1-3H3,(H,39,40);1H/t23?,24?,25?,26?,27?,28?,29-,32?,34?,35-,36?;/m0./s1. The summed E-state index contributed by atoms with van der Waals surface area (Å²) in [6, 6.07) is 0. The molecular formula is C36H57NO6. The molecule has 6 saturated carbocycles. The van der Waals surface area contributed by atoms with Gasteiger partial charge in [-0.3, -0.25) is 9.59 Å². The molecule has 0 radical (unpaired) electrons. The van der Waals surface area contributed by atoms with Crippen molar-refractivity contribution in [1.82, 2.24) is 4.90 Å². The molecule has 242 valence electrons. The molecule has 8 rings (SSSR count). The number of rotatable bonds is 7. The van der Waals surface area contributed by atoms with Crippen molar-refractivity contribution in [3.8, 4) is 0 Å². The van der Waals surface area contributed by atoms with Gasteiger partial charge in [0.25, 0.3) is 0 Å². The van der Waals surface area contributed by atoms with Crippen LogP contribution in [0.2, 0.25) is 0 Å². The number of ether oxygens (including phenoxy) is 3. The van der Waals surface area contributed by atoms with Gasteiger partial charge in [-0.15, -0.1) is 0 Å². The van der Waals surface area contributed by atoms with Crippen LogP contribution in [0.3, 0.4) is 0 Å². The van der Waals surface area contributed by atoms with Crippen LogP contribution >= 0.6 is 0 Å². The van der Waals surface area contributed by atoms with E-state index in [4.69, 9.17) is 14.2 Å². The summed E-state index contributed by atoms with van der Waals surface area (Å²) in [7, 11) is 0. The molecule has 6 aliphatic carbocycles. The van der Waals surface area contributed by atoms with E-state index in [-0.39, 0.29) is 37.7 Å². The van der Waals surface area contributed by atoms with Crippen LogP contribution in [0.1, 0.15) is 119 Å². The maximum absolute atomic E-state index is 12.8. The number of carboxylic acid groups (broad SMARTS) is 1. The topological polar surface area (TPSA) is 85.3 Å². The van der Waals surface area contributed by atoms with Gasteiger partial charge in [0.05, 0.1) is 31.5 Å². The van der Waals surface area contributed by atoms with Gasteiger partial charge in [-0.2, -0.15) is 0 Å². The van der Waals surface area contributed by atoms with E-state index in [0.717, 1.165) is 24.7 Å². The lowest BCUT2D eigenvalue weighted by Gasteiger charge is -2.60. The molecule has 8 aliphatic rings. The highest BCUT2D eigenvalue weighted by Crippen LogP contribution is 2.87. The lowest BCUT2D eigenvalue weighted by atomic mass is 9.46. The molecule has 8 fully saturated rings. The third kappa shape index (κ3) is 4.51. The molecule has 0 aromatic heterocycles. The molecule has 7 nitrogen and oxygen atoms in total. The van der Waals surface area contributed by atoms with Crippen molar-refractivity contribution in [2.75, 3.05) is 19.7 Å². The van der Waals surface area contributed by atoms with E-state index in [1.807, 2.05) is 4.90 Å². The summed E-state index contributed by atoms with van der Waals surface area (Å²) in [6.45, 7) is 9.44. The average Bonchev–Trinajstić information content (AvgIpc) is 3.89. The van der Waals surface area contributed by atoms with Gasteiger partial charge in [0, 0.05) is 20.8 Å². The van der Waals surface area contributed by atoms with Gasteiger partial charge in [-0.25, -0.2) is 0 Å². The number of nitrogens with zero attached hydrogens (tertiary/aromatic N) is 1. The normalized spacial score (nSPS) is 49.6. The molecule has 2 heterocycles. The van der Waals surface area contributed by atoms with Gasteiger partial charge < -0.3 is 24.2 Å². The SMILES string of the molecule is CC12CC[C@@]34CC35CC[C@H](OC3CN(C(=O)CC6CC6)CCO3)C(C)(C)C5CCC4C1CC1OC(CCC(=O)O)CCC12.[HH]. The number of hydrogen-bond donors (Lipinski definition) is 1. The third-order valence-corrected chi connectivity index (χ3v) is 15.2. The monoisotopic (exact) mass is 599 g/mol. The van der Waals surface area contributed by atoms with Crippen molar-refractivity contribution in [2.45, 2.75) is 142 Å². The van der Waals surface area contributed by atoms with E-state index in [1.54, 1.807) is 0 Å². The van der Waals surface area contributed by atoms with E-state index in [0.29, 0.717) is 72.6 Å². The number of carbonyl (C=O) groups excluding carboxylic acids is 1. The van der Waals surface area contributed by atoms with E-state index >= 15 is 0 Å². The summed E-state index contributed by atoms with van der Waals surface area (Å²) in [5.41, 5.74) is 1.46. The molecule has 1 amide bonds. The number of carbonyl (C=O) groups is 2. The highest BCUT2D eigenvalue weighted by atomic mass is 16.7. The Labute approximate surface area is 259 Å². The second kappa shape index (κ2) is 10.2. The Balaban J connectivity index is 0.00000312. The van der Waals surface area contributed by atoms with Crippen molar-refractivity contribution in [2.24, 2.45) is 51.2 Å². The van der Waals surface area contributed by atoms with Crippen LogP contribution in [0.4, 0.5) is 0 Å². The summed E-state index contributed by atoms with van der Waals surface area (Å²) in [4.78, 5) is 26.0. The first-order valence-corrected chi connectivity index (χ1v) is 18.0. The number of hydrogen-bond acceptors (Lipinski definition) is 5. The van der Waals surface area contributed by atoms with Crippen LogP contribution < -0.4 is 0 Å². The zero-order valence-corrected chi connectivity index (χ0v) is 26.9. The summed E-state index contributed by atoms with van der Waals surface area (Å²) in [5.74, 6) is 3.11. The Hall–Kier alpha value is -1.18. The molecule has 0 aromatic rings. The highest BCUT2D eigenvalue weighted by Gasteiger charge is 2.80. The Morgan fingerprint density at radius 1 is 0.953 bits per heavy atom. The summed E-state index contributed by atoms with van der Waals surface area (Å²) < 4.78 is 19.6. The number of aliphatic carboxylic acids is 1. The molecule has 9 unspecified atom stereocenters. The molecule has 2 aliphatic heterocycles. The highest BCUT2D eigenvalue weighted by molar-refractivity contribution is 5.76. The van der Waals surface area contributed by atoms with Crippen LogP contribution in [-0.4, -0.2) is 66.2 Å². The molecule has 11 atom stereocenters. The third-order valence-electron chi connectivity index (χ3n) is 15.2. The van der Waals surface area contributed by atoms with E-state index in [1.165, 1.54) is 64.2 Å². The predicted octanol–water partition coefficient (Wildman–Crippen LogP) is 6.67. The summed E-state index contributed by atoms with van der Waals surface area (Å²) in [5, 5.41) is 9.21. The molecule has 2 spiro atoms. The predicted molar refractivity (Wildman–Crippen MR) is 163 cm³/mol. The number of amides is 1. The quantitative estimate of drug-likeness (QED) is 0.352. The van der Waals surface area contributed by atoms with Crippen LogP contribution in [0, 0.1) is 51.2 Å². The first kappa shape index (κ1) is 29.2. The molecule has 2 saturated heterocycles. The molecule has 7 heteroatoms. The summed E-state index contributed by atoms with van der Waals surface area (Å²) in [6.07, 6.45) is 17.0. The van der Waals surface area contributed by atoms with Crippen molar-refractivity contribution in [3.05, 3.63) is 0 Å². The van der Waals surface area contributed by atoms with Crippen LogP contribution in [0.25, 0.3) is 0 Å². The van der Waals surface area contributed by atoms with Crippen LogP contribution in [-0.2, 0) is 23.8 Å². The number of morpholine rings is 1. The Morgan fingerprint density at radius 3 is 2.56 bits per heavy atom. The second-order valence-corrected chi connectivity index (χ2v) is 17.3.